The number of benzene rings is 1. The number of aromatic nitrogens is 2. The Labute approximate surface area is 247 Å². The molecular weight excluding hydrogens is 532 g/mol. The first-order chi connectivity index (χ1) is 19.8. The number of nitrogens with one attached hydrogen (secondary N) is 2. The van der Waals surface area contributed by atoms with Gasteiger partial charge in [0.15, 0.2) is 0 Å². The fourth-order valence-electron chi connectivity index (χ4n) is 7.85. The van der Waals surface area contributed by atoms with Crippen molar-refractivity contribution in [2.24, 2.45) is 11.3 Å². The molecule has 3 aliphatic rings. The van der Waals surface area contributed by atoms with Crippen molar-refractivity contribution in [1.29, 1.82) is 0 Å². The Hall–Kier alpha value is -2.55. The van der Waals surface area contributed by atoms with E-state index >= 15 is 0 Å². The second kappa shape index (κ2) is 11.6. The summed E-state index contributed by atoms with van der Waals surface area (Å²) in [7, 11) is 0. The third kappa shape index (κ3) is 5.39. The third-order valence-electron chi connectivity index (χ3n) is 10.2. The van der Waals surface area contributed by atoms with Crippen LogP contribution in [-0.2, 0) is 11.3 Å². The number of aryl methyl sites for hydroxylation is 1. The summed E-state index contributed by atoms with van der Waals surface area (Å²) < 4.78 is 8.02. The van der Waals surface area contributed by atoms with E-state index in [-0.39, 0.29) is 18.0 Å². The highest BCUT2D eigenvalue weighted by molar-refractivity contribution is 7.98. The molecule has 4 heterocycles. The number of H-pyrrole nitrogens is 1. The number of amides is 1. The van der Waals surface area contributed by atoms with E-state index in [2.05, 4.69) is 51.8 Å². The Kier molecular flexibility index (Phi) is 8.09. The number of pyridine rings is 1. The maximum absolute atomic E-state index is 13.7. The highest BCUT2D eigenvalue weighted by Gasteiger charge is 2.46. The zero-order valence-electron chi connectivity index (χ0n) is 24.9. The minimum absolute atomic E-state index is 0.125. The maximum Gasteiger partial charge on any atom is 0.254 e. The van der Waals surface area contributed by atoms with Gasteiger partial charge in [0.1, 0.15) is 0 Å². The zero-order valence-corrected chi connectivity index (χ0v) is 25.7. The van der Waals surface area contributed by atoms with E-state index in [4.69, 9.17) is 4.74 Å². The van der Waals surface area contributed by atoms with Gasteiger partial charge in [-0.15, -0.1) is 11.8 Å². The van der Waals surface area contributed by atoms with E-state index in [1.165, 1.54) is 63.4 Å². The van der Waals surface area contributed by atoms with Crippen LogP contribution in [0.3, 0.4) is 0 Å². The molecule has 0 radical (unpaired) electrons. The molecule has 2 aromatic heterocycles. The lowest BCUT2D eigenvalue weighted by Gasteiger charge is -2.56. The molecule has 1 aromatic carbocycles. The Balaban J connectivity index is 1.16. The minimum Gasteiger partial charge on any atom is -0.381 e. The first-order valence-corrected chi connectivity index (χ1v) is 16.5. The van der Waals surface area contributed by atoms with Crippen LogP contribution in [0.2, 0.25) is 0 Å². The lowest BCUT2D eigenvalue weighted by atomic mass is 9.71. The van der Waals surface area contributed by atoms with Crippen LogP contribution >= 0.6 is 11.8 Å². The normalized spacial score (nSPS) is 23.4. The van der Waals surface area contributed by atoms with Gasteiger partial charge < -0.3 is 19.6 Å². The fraction of sp³-hybridized carbons (Fsp3) is 0.576. The van der Waals surface area contributed by atoms with Gasteiger partial charge in [-0.2, -0.15) is 0 Å². The predicted octanol–water partition coefficient (Wildman–Crippen LogP) is 5.83. The molecule has 6 rings (SSSR count). The van der Waals surface area contributed by atoms with Crippen molar-refractivity contribution in [2.45, 2.75) is 82.8 Å². The van der Waals surface area contributed by atoms with Gasteiger partial charge in [0.2, 0.25) is 0 Å². The molecule has 7 nitrogen and oxygen atoms in total. The molecule has 0 bridgehead atoms. The van der Waals surface area contributed by atoms with E-state index in [1.54, 1.807) is 0 Å². The third-order valence-corrected chi connectivity index (χ3v) is 11.0. The molecule has 1 spiro atoms. The Morgan fingerprint density at radius 3 is 2.56 bits per heavy atom. The minimum atomic E-state index is -0.140. The maximum atomic E-state index is 13.7. The van der Waals surface area contributed by atoms with Gasteiger partial charge in [-0.25, -0.2) is 0 Å². The van der Waals surface area contributed by atoms with Crippen molar-refractivity contribution in [3.8, 4) is 0 Å². The molecule has 3 fully saturated rings. The highest BCUT2D eigenvalue weighted by atomic mass is 32.2. The standard InChI is InChI=1S/C33H44N4O3S/c1-21-17-29(41-4)27(31(38)35-21)18-34-32(39)30-23(3)37(28-8-6-5-7-26(28)30)22(2)24-9-11-25(12-10-24)36-19-33(20-36)13-15-40-16-14-33/h5-8,17,22,24-25H,9-16,18-20H2,1-4H3,(H,34,39)(H,35,38)/t22-,24?,25?/m1/s1. The van der Waals surface area contributed by atoms with Crippen LogP contribution in [0.25, 0.3) is 10.9 Å². The van der Waals surface area contributed by atoms with E-state index in [9.17, 15) is 9.59 Å². The molecule has 1 amide bonds. The van der Waals surface area contributed by atoms with Crippen LogP contribution in [0, 0.1) is 25.2 Å². The summed E-state index contributed by atoms with van der Waals surface area (Å²) >= 11 is 1.53. The number of likely N-dealkylation sites (tertiary alicyclic amines) is 1. The number of carbonyl (C=O) groups excluding carboxylic acids is 1. The molecule has 3 aromatic rings. The van der Waals surface area contributed by atoms with Gasteiger partial charge in [0.25, 0.3) is 11.5 Å². The van der Waals surface area contributed by atoms with Gasteiger partial charge in [-0.1, -0.05) is 18.2 Å². The molecule has 1 saturated carbocycles. The fourth-order valence-corrected chi connectivity index (χ4v) is 8.56. The molecule has 2 N–H and O–H groups in total. The van der Waals surface area contributed by atoms with Crippen molar-refractivity contribution in [2.75, 3.05) is 32.6 Å². The van der Waals surface area contributed by atoms with Crippen LogP contribution < -0.4 is 10.9 Å². The topological polar surface area (TPSA) is 79.4 Å². The zero-order chi connectivity index (χ0) is 28.7. The van der Waals surface area contributed by atoms with E-state index in [0.717, 1.165) is 46.0 Å². The summed E-state index contributed by atoms with van der Waals surface area (Å²) in [6, 6.07) is 11.3. The second-order valence-electron chi connectivity index (χ2n) is 12.7. The summed E-state index contributed by atoms with van der Waals surface area (Å²) in [5.74, 6) is 0.463. The molecule has 41 heavy (non-hydrogen) atoms. The summed E-state index contributed by atoms with van der Waals surface area (Å²) in [6.07, 6.45) is 9.38. The smallest absolute Gasteiger partial charge is 0.254 e. The number of fused-ring (bicyclic) bond motifs is 1. The summed E-state index contributed by atoms with van der Waals surface area (Å²) in [5, 5.41) is 4.05. The van der Waals surface area contributed by atoms with Gasteiger partial charge in [0, 0.05) is 83.1 Å². The van der Waals surface area contributed by atoms with Crippen LogP contribution in [0.5, 0.6) is 0 Å². The number of para-hydroxylation sites is 1. The quantitative estimate of drug-likeness (QED) is 0.346. The number of thioether (sulfide) groups is 1. The first kappa shape index (κ1) is 28.6. The highest BCUT2D eigenvalue weighted by Crippen LogP contribution is 2.45. The lowest BCUT2D eigenvalue weighted by Crippen LogP contribution is -2.61. The SMILES string of the molecule is CSc1cc(C)[nH]c(=O)c1CNC(=O)c1c(C)n([C@H](C)C2CCC(N3CC4(CCOCC4)C3)CC2)c2ccccc12. The molecule has 2 aliphatic heterocycles. The van der Waals surface area contributed by atoms with Crippen molar-refractivity contribution < 1.29 is 9.53 Å². The molecule has 1 aliphatic carbocycles. The van der Waals surface area contributed by atoms with Crippen LogP contribution in [0.1, 0.15) is 78.8 Å². The Morgan fingerprint density at radius 2 is 1.85 bits per heavy atom. The number of hydrogen-bond acceptors (Lipinski definition) is 5. The van der Waals surface area contributed by atoms with Crippen molar-refractivity contribution in [3.63, 3.8) is 0 Å². The Morgan fingerprint density at radius 1 is 1.15 bits per heavy atom. The average molecular weight is 577 g/mol. The Bertz CT molecular complexity index is 1470. The van der Waals surface area contributed by atoms with Crippen LogP contribution in [-0.4, -0.2) is 59.0 Å². The molecule has 8 heteroatoms. The predicted molar refractivity (Wildman–Crippen MR) is 166 cm³/mol. The summed E-state index contributed by atoms with van der Waals surface area (Å²) in [5.41, 5.74) is 4.66. The van der Waals surface area contributed by atoms with Gasteiger partial charge >= 0.3 is 0 Å². The number of hydrogen-bond donors (Lipinski definition) is 2. The second-order valence-corrected chi connectivity index (χ2v) is 13.5. The molecular formula is C33H44N4O3S. The largest absolute Gasteiger partial charge is 0.381 e. The van der Waals surface area contributed by atoms with E-state index in [1.807, 2.05) is 25.3 Å². The van der Waals surface area contributed by atoms with Crippen molar-refractivity contribution in [3.05, 3.63) is 63.2 Å². The molecule has 2 saturated heterocycles. The molecule has 0 unspecified atom stereocenters. The average Bonchev–Trinajstić information content (AvgIpc) is 3.26. The van der Waals surface area contributed by atoms with E-state index < -0.39 is 0 Å². The van der Waals surface area contributed by atoms with Gasteiger partial charge in [-0.3, -0.25) is 14.5 Å². The number of aromatic amines is 1. The number of carbonyl (C=O) groups is 1. The van der Waals surface area contributed by atoms with Gasteiger partial charge in [-0.05, 0) is 83.6 Å². The number of rotatable bonds is 7. The summed E-state index contributed by atoms with van der Waals surface area (Å²) in [4.78, 5) is 32.8. The molecule has 1 atom stereocenters. The van der Waals surface area contributed by atoms with Crippen molar-refractivity contribution in [1.82, 2.24) is 19.8 Å². The molecule has 220 valence electrons. The van der Waals surface area contributed by atoms with Crippen molar-refractivity contribution >= 4 is 28.6 Å². The lowest BCUT2D eigenvalue weighted by molar-refractivity contribution is -0.104. The van der Waals surface area contributed by atoms with Crippen LogP contribution in [0.15, 0.2) is 40.0 Å². The number of nitrogens with zero attached hydrogens (tertiary/aromatic N) is 2. The van der Waals surface area contributed by atoms with Gasteiger partial charge in [0.05, 0.1) is 5.56 Å². The summed E-state index contributed by atoms with van der Waals surface area (Å²) in [6.45, 7) is 10.9. The first-order valence-electron chi connectivity index (χ1n) is 15.3. The van der Waals surface area contributed by atoms with Crippen LogP contribution in [0.4, 0.5) is 0 Å². The number of ether oxygens (including phenoxy) is 1. The van der Waals surface area contributed by atoms with E-state index in [0.29, 0.717) is 29.0 Å². The monoisotopic (exact) mass is 576 g/mol.